The van der Waals surface area contributed by atoms with Crippen LogP contribution in [0.4, 0.5) is 0 Å². The van der Waals surface area contributed by atoms with Crippen LogP contribution in [-0.2, 0) is 0 Å². The zero-order chi connectivity index (χ0) is 8.97. The van der Waals surface area contributed by atoms with E-state index in [9.17, 15) is 0 Å². The van der Waals surface area contributed by atoms with Crippen LogP contribution >= 0.6 is 15.9 Å². The van der Waals surface area contributed by atoms with Gasteiger partial charge in [-0.15, -0.1) is 0 Å². The van der Waals surface area contributed by atoms with Crippen molar-refractivity contribution in [2.24, 2.45) is 0 Å². The maximum Gasteiger partial charge on any atom is 0.0803 e. The highest BCUT2D eigenvalue weighted by atomic mass is 79.9. The van der Waals surface area contributed by atoms with Gasteiger partial charge in [0.05, 0.1) is 11.7 Å². The van der Waals surface area contributed by atoms with Crippen molar-refractivity contribution in [1.82, 2.24) is 9.61 Å². The van der Waals surface area contributed by atoms with Crippen LogP contribution in [0.3, 0.4) is 0 Å². The van der Waals surface area contributed by atoms with Crippen LogP contribution in [0.15, 0.2) is 35.1 Å². The zero-order valence-electron chi connectivity index (χ0n) is 7.16. The second kappa shape index (κ2) is 4.26. The first-order chi connectivity index (χ1) is 5.88. The number of fused-ring (bicyclic) bond motifs is 1. The first kappa shape index (κ1) is 9.26. The highest BCUT2D eigenvalue weighted by molar-refractivity contribution is 9.10. The molecule has 0 amide bonds. The molecule has 0 aliphatic rings. The largest absolute Gasteiger partial charge is 0.240 e. The van der Waals surface area contributed by atoms with E-state index >= 15 is 0 Å². The topological polar surface area (TPSA) is 17.3 Å². The van der Waals surface area contributed by atoms with Gasteiger partial charge in [0.1, 0.15) is 0 Å². The van der Waals surface area contributed by atoms with E-state index in [0.717, 1.165) is 9.99 Å². The first-order valence-corrected chi connectivity index (χ1v) is 4.75. The zero-order valence-corrected chi connectivity index (χ0v) is 8.75. The fourth-order valence-corrected chi connectivity index (χ4v) is 1.38. The summed E-state index contributed by atoms with van der Waals surface area (Å²) in [4.78, 5) is 0. The second-order valence-electron chi connectivity index (χ2n) is 2.02. The summed E-state index contributed by atoms with van der Waals surface area (Å²) in [5, 5.41) is 4.07. The quantitative estimate of drug-likeness (QED) is 0.675. The third-order valence-corrected chi connectivity index (χ3v) is 2.06. The van der Waals surface area contributed by atoms with Crippen LogP contribution in [0.25, 0.3) is 5.52 Å². The molecule has 0 saturated heterocycles. The lowest BCUT2D eigenvalue weighted by Gasteiger charge is -1.92. The Morgan fingerprint density at radius 2 is 2.08 bits per heavy atom. The third-order valence-electron chi connectivity index (χ3n) is 1.38. The Morgan fingerprint density at radius 1 is 1.33 bits per heavy atom. The number of hydrogen-bond acceptors (Lipinski definition) is 1. The van der Waals surface area contributed by atoms with E-state index in [1.807, 2.05) is 42.8 Å². The number of hydrogen-bond donors (Lipinski definition) is 0. The molecule has 2 rings (SSSR count). The van der Waals surface area contributed by atoms with Gasteiger partial charge in [-0.2, -0.15) is 5.10 Å². The molecule has 0 radical (unpaired) electrons. The molecular formula is C9H11BrN2. The molecule has 0 aliphatic carbocycles. The summed E-state index contributed by atoms with van der Waals surface area (Å²) in [5.74, 6) is 0. The van der Waals surface area contributed by atoms with E-state index in [2.05, 4.69) is 21.0 Å². The van der Waals surface area contributed by atoms with E-state index in [0.29, 0.717) is 0 Å². The Morgan fingerprint density at radius 3 is 2.75 bits per heavy atom. The second-order valence-corrected chi connectivity index (χ2v) is 2.87. The SMILES string of the molecule is Brc1cccn2nccc12.CC. The van der Waals surface area contributed by atoms with Gasteiger partial charge < -0.3 is 0 Å². The molecule has 0 atom stereocenters. The van der Waals surface area contributed by atoms with Gasteiger partial charge in [0.25, 0.3) is 0 Å². The fraction of sp³-hybridized carbons (Fsp3) is 0.222. The number of halogens is 1. The molecule has 2 nitrogen and oxygen atoms in total. The van der Waals surface area contributed by atoms with Crippen molar-refractivity contribution in [3.8, 4) is 0 Å². The van der Waals surface area contributed by atoms with Gasteiger partial charge in [-0.25, -0.2) is 4.52 Å². The Labute approximate surface area is 80.3 Å². The van der Waals surface area contributed by atoms with Gasteiger partial charge in [-0.1, -0.05) is 13.8 Å². The van der Waals surface area contributed by atoms with Crippen molar-refractivity contribution >= 4 is 21.4 Å². The highest BCUT2D eigenvalue weighted by Gasteiger charge is 1.94. The van der Waals surface area contributed by atoms with E-state index in [4.69, 9.17) is 0 Å². The minimum Gasteiger partial charge on any atom is -0.240 e. The molecule has 0 unspecified atom stereocenters. The number of rotatable bonds is 0. The molecule has 0 N–H and O–H groups in total. The van der Waals surface area contributed by atoms with E-state index in [-0.39, 0.29) is 0 Å². The van der Waals surface area contributed by atoms with Crippen LogP contribution < -0.4 is 0 Å². The molecule has 0 bridgehead atoms. The Balaban J connectivity index is 0.000000336. The average Bonchev–Trinajstić information content (AvgIpc) is 2.57. The van der Waals surface area contributed by atoms with Crippen molar-refractivity contribution < 1.29 is 0 Å². The van der Waals surface area contributed by atoms with Crippen molar-refractivity contribution in [1.29, 1.82) is 0 Å². The van der Waals surface area contributed by atoms with Gasteiger partial charge in [-0.05, 0) is 34.1 Å². The van der Waals surface area contributed by atoms with Crippen LogP contribution in [-0.4, -0.2) is 9.61 Å². The minimum atomic E-state index is 1.08. The average molecular weight is 227 g/mol. The molecule has 2 heterocycles. The smallest absolute Gasteiger partial charge is 0.0803 e. The monoisotopic (exact) mass is 226 g/mol. The lowest BCUT2D eigenvalue weighted by Crippen LogP contribution is -1.83. The van der Waals surface area contributed by atoms with Crippen molar-refractivity contribution in [3.05, 3.63) is 35.1 Å². The molecule has 2 aromatic heterocycles. The normalized spacial score (nSPS) is 9.25. The Kier molecular flexibility index (Phi) is 3.29. The van der Waals surface area contributed by atoms with Gasteiger partial charge >= 0.3 is 0 Å². The Bertz CT molecular complexity index is 354. The van der Waals surface area contributed by atoms with Gasteiger partial charge in [0, 0.05) is 10.7 Å². The molecule has 0 aromatic carbocycles. The summed E-state index contributed by atoms with van der Waals surface area (Å²) < 4.78 is 2.90. The highest BCUT2D eigenvalue weighted by Crippen LogP contribution is 2.15. The summed E-state index contributed by atoms with van der Waals surface area (Å²) >= 11 is 3.42. The fourth-order valence-electron chi connectivity index (χ4n) is 0.917. The van der Waals surface area contributed by atoms with Gasteiger partial charge in [-0.3, -0.25) is 0 Å². The lowest BCUT2D eigenvalue weighted by molar-refractivity contribution is 0.958. The van der Waals surface area contributed by atoms with E-state index < -0.39 is 0 Å². The van der Waals surface area contributed by atoms with E-state index in [1.165, 1.54) is 0 Å². The molecule has 12 heavy (non-hydrogen) atoms. The predicted octanol–water partition coefficient (Wildman–Crippen LogP) is 3.12. The van der Waals surface area contributed by atoms with Crippen LogP contribution in [0.2, 0.25) is 0 Å². The van der Waals surface area contributed by atoms with Crippen molar-refractivity contribution in [3.63, 3.8) is 0 Å². The number of pyridine rings is 1. The molecule has 0 spiro atoms. The summed E-state index contributed by atoms with van der Waals surface area (Å²) in [5.41, 5.74) is 1.10. The summed E-state index contributed by atoms with van der Waals surface area (Å²) in [6.07, 6.45) is 3.69. The van der Waals surface area contributed by atoms with Gasteiger partial charge in [0.15, 0.2) is 0 Å². The molecule has 2 aromatic rings. The molecule has 3 heteroatoms. The van der Waals surface area contributed by atoms with Crippen molar-refractivity contribution in [2.75, 3.05) is 0 Å². The van der Waals surface area contributed by atoms with E-state index in [1.54, 1.807) is 6.20 Å². The number of nitrogens with zero attached hydrogens (tertiary/aromatic N) is 2. The van der Waals surface area contributed by atoms with Gasteiger partial charge in [0.2, 0.25) is 0 Å². The number of aromatic nitrogens is 2. The summed E-state index contributed by atoms with van der Waals surface area (Å²) in [7, 11) is 0. The van der Waals surface area contributed by atoms with Crippen LogP contribution in [0.1, 0.15) is 13.8 Å². The predicted molar refractivity (Wildman–Crippen MR) is 54.2 cm³/mol. The summed E-state index contributed by atoms with van der Waals surface area (Å²) in [6, 6.07) is 5.91. The molecule has 64 valence electrons. The van der Waals surface area contributed by atoms with Crippen molar-refractivity contribution in [2.45, 2.75) is 13.8 Å². The molecule has 0 fully saturated rings. The third kappa shape index (κ3) is 1.67. The lowest BCUT2D eigenvalue weighted by atomic mass is 10.4. The minimum absolute atomic E-state index is 1.08. The first-order valence-electron chi connectivity index (χ1n) is 3.96. The molecular weight excluding hydrogens is 216 g/mol. The molecule has 0 aliphatic heterocycles. The maximum absolute atomic E-state index is 4.07. The maximum atomic E-state index is 4.07. The van der Waals surface area contributed by atoms with Crippen LogP contribution in [0, 0.1) is 0 Å². The van der Waals surface area contributed by atoms with Crippen LogP contribution in [0.5, 0.6) is 0 Å². The molecule has 0 saturated carbocycles. The standard InChI is InChI=1S/C7H5BrN2.C2H6/c8-6-2-1-5-10-7(6)3-4-9-10;1-2/h1-5H;1-2H3. The summed E-state index contributed by atoms with van der Waals surface area (Å²) in [6.45, 7) is 4.00. The Hall–Kier alpha value is -0.830.